The fraction of sp³-hybridized carbons (Fsp3) is 0.562. The van der Waals surface area contributed by atoms with Crippen LogP contribution in [0.15, 0.2) is 24.3 Å². The van der Waals surface area contributed by atoms with Gasteiger partial charge in [0.2, 0.25) is 0 Å². The molecule has 2 rings (SSSR count). The van der Waals surface area contributed by atoms with Gasteiger partial charge in [0, 0.05) is 12.0 Å². The Morgan fingerprint density at radius 1 is 1.11 bits per heavy atom. The van der Waals surface area contributed by atoms with Crippen LogP contribution in [0.2, 0.25) is 0 Å². The van der Waals surface area contributed by atoms with Gasteiger partial charge < -0.3 is 4.74 Å². The van der Waals surface area contributed by atoms with E-state index in [-0.39, 0.29) is 5.78 Å². The number of rotatable bonds is 4. The second kappa shape index (κ2) is 6.58. The van der Waals surface area contributed by atoms with Crippen molar-refractivity contribution in [3.05, 3.63) is 29.8 Å². The number of carbonyl (C=O) groups is 1. The molecular weight excluding hydrogens is 224 g/mol. The van der Waals surface area contributed by atoms with Crippen molar-refractivity contribution in [2.45, 2.75) is 58.0 Å². The summed E-state index contributed by atoms with van der Waals surface area (Å²) >= 11 is 0. The Hall–Kier alpha value is -1.31. The summed E-state index contributed by atoms with van der Waals surface area (Å²) in [5, 5.41) is 0. The Morgan fingerprint density at radius 3 is 2.28 bits per heavy atom. The summed E-state index contributed by atoms with van der Waals surface area (Å²) in [5.41, 5.74) is 0.783. The third kappa shape index (κ3) is 3.59. The topological polar surface area (TPSA) is 26.3 Å². The lowest BCUT2D eigenvalue weighted by Gasteiger charge is -2.17. The van der Waals surface area contributed by atoms with Gasteiger partial charge in [-0.3, -0.25) is 4.79 Å². The van der Waals surface area contributed by atoms with E-state index in [4.69, 9.17) is 4.74 Å². The van der Waals surface area contributed by atoms with Crippen LogP contribution in [0.4, 0.5) is 0 Å². The summed E-state index contributed by atoms with van der Waals surface area (Å²) in [7, 11) is 0. The maximum Gasteiger partial charge on any atom is 0.162 e. The van der Waals surface area contributed by atoms with Gasteiger partial charge in [0.25, 0.3) is 0 Å². The van der Waals surface area contributed by atoms with E-state index in [2.05, 4.69) is 0 Å². The number of ketones is 1. The van der Waals surface area contributed by atoms with Crippen LogP contribution in [0.25, 0.3) is 0 Å². The van der Waals surface area contributed by atoms with Crippen molar-refractivity contribution < 1.29 is 9.53 Å². The summed E-state index contributed by atoms with van der Waals surface area (Å²) in [6, 6.07) is 7.59. The number of Topliss-reactive ketones (excluding diaryl/α,β-unsaturated/α-hetero) is 1. The van der Waals surface area contributed by atoms with E-state index in [9.17, 15) is 4.79 Å². The third-order valence-corrected chi connectivity index (χ3v) is 3.60. The first kappa shape index (κ1) is 13.1. The van der Waals surface area contributed by atoms with Crippen LogP contribution in [0.3, 0.4) is 0 Å². The third-order valence-electron chi connectivity index (χ3n) is 3.60. The molecule has 1 aromatic rings. The highest BCUT2D eigenvalue weighted by Crippen LogP contribution is 2.23. The van der Waals surface area contributed by atoms with E-state index in [1.54, 1.807) is 0 Å². The molecule has 1 fully saturated rings. The van der Waals surface area contributed by atoms with E-state index < -0.39 is 0 Å². The van der Waals surface area contributed by atoms with Crippen LogP contribution in [0.1, 0.15) is 62.2 Å². The number of benzene rings is 1. The van der Waals surface area contributed by atoms with Crippen molar-refractivity contribution in [1.29, 1.82) is 0 Å². The standard InChI is InChI=1S/C16H22O2/c1-2-16(17)13-9-11-15(12-10-13)18-14-7-5-3-4-6-8-14/h9-12,14H,2-8H2,1H3. The molecule has 0 spiro atoms. The van der Waals surface area contributed by atoms with Crippen LogP contribution in [-0.2, 0) is 0 Å². The minimum Gasteiger partial charge on any atom is -0.490 e. The highest BCUT2D eigenvalue weighted by molar-refractivity contribution is 5.95. The first-order valence-corrected chi connectivity index (χ1v) is 7.09. The summed E-state index contributed by atoms with van der Waals surface area (Å²) < 4.78 is 5.99. The zero-order chi connectivity index (χ0) is 12.8. The van der Waals surface area contributed by atoms with E-state index in [0.717, 1.165) is 24.2 Å². The van der Waals surface area contributed by atoms with Crippen molar-refractivity contribution in [2.75, 3.05) is 0 Å². The lowest BCUT2D eigenvalue weighted by Crippen LogP contribution is -2.15. The predicted octanol–water partition coefficient (Wildman–Crippen LogP) is 4.38. The molecule has 0 amide bonds. The molecule has 1 aliphatic rings. The molecule has 1 saturated carbocycles. The van der Waals surface area contributed by atoms with Crippen molar-refractivity contribution in [3.63, 3.8) is 0 Å². The molecule has 0 atom stereocenters. The van der Waals surface area contributed by atoms with Crippen molar-refractivity contribution in [3.8, 4) is 5.75 Å². The maximum absolute atomic E-state index is 11.5. The van der Waals surface area contributed by atoms with E-state index in [1.165, 1.54) is 25.7 Å². The summed E-state index contributed by atoms with van der Waals surface area (Å²) in [6.45, 7) is 1.89. The summed E-state index contributed by atoms with van der Waals surface area (Å²) in [4.78, 5) is 11.5. The van der Waals surface area contributed by atoms with Gasteiger partial charge in [0.05, 0.1) is 6.10 Å². The van der Waals surface area contributed by atoms with Gasteiger partial charge in [-0.2, -0.15) is 0 Å². The van der Waals surface area contributed by atoms with E-state index in [0.29, 0.717) is 12.5 Å². The molecule has 2 heteroatoms. The second-order valence-corrected chi connectivity index (χ2v) is 5.03. The van der Waals surface area contributed by atoms with Crippen molar-refractivity contribution >= 4 is 5.78 Å². The Labute approximate surface area is 109 Å². The highest BCUT2D eigenvalue weighted by atomic mass is 16.5. The Bertz CT molecular complexity index is 373. The van der Waals surface area contributed by atoms with Crippen LogP contribution in [0.5, 0.6) is 5.75 Å². The highest BCUT2D eigenvalue weighted by Gasteiger charge is 2.13. The van der Waals surface area contributed by atoms with Crippen molar-refractivity contribution in [2.24, 2.45) is 0 Å². The number of ether oxygens (including phenoxy) is 1. The predicted molar refractivity (Wildman–Crippen MR) is 73.2 cm³/mol. The number of hydrogen-bond donors (Lipinski definition) is 0. The minimum absolute atomic E-state index is 0.191. The fourth-order valence-electron chi connectivity index (χ4n) is 2.48. The second-order valence-electron chi connectivity index (χ2n) is 5.03. The lowest BCUT2D eigenvalue weighted by molar-refractivity contribution is 0.0988. The Kier molecular flexibility index (Phi) is 4.80. The molecule has 0 aliphatic heterocycles. The molecule has 0 radical (unpaired) electrons. The molecule has 0 unspecified atom stereocenters. The molecule has 18 heavy (non-hydrogen) atoms. The molecule has 0 aromatic heterocycles. The SMILES string of the molecule is CCC(=O)c1ccc(OC2CCCCCC2)cc1. The zero-order valence-corrected chi connectivity index (χ0v) is 11.2. The molecule has 0 bridgehead atoms. The largest absolute Gasteiger partial charge is 0.490 e. The number of hydrogen-bond acceptors (Lipinski definition) is 2. The smallest absolute Gasteiger partial charge is 0.162 e. The van der Waals surface area contributed by atoms with Gasteiger partial charge >= 0.3 is 0 Å². The quantitative estimate of drug-likeness (QED) is 0.582. The zero-order valence-electron chi connectivity index (χ0n) is 11.2. The summed E-state index contributed by atoms with van der Waals surface area (Å²) in [5.74, 6) is 1.09. The molecular formula is C16H22O2. The lowest BCUT2D eigenvalue weighted by atomic mass is 10.1. The van der Waals surface area contributed by atoms with Crippen molar-refractivity contribution in [1.82, 2.24) is 0 Å². The molecule has 0 saturated heterocycles. The monoisotopic (exact) mass is 246 g/mol. The van der Waals surface area contributed by atoms with E-state index >= 15 is 0 Å². The fourth-order valence-corrected chi connectivity index (χ4v) is 2.48. The van der Waals surface area contributed by atoms with Crippen LogP contribution in [0, 0.1) is 0 Å². The van der Waals surface area contributed by atoms with Gasteiger partial charge in [0.15, 0.2) is 5.78 Å². The van der Waals surface area contributed by atoms with Crippen LogP contribution in [-0.4, -0.2) is 11.9 Å². The van der Waals surface area contributed by atoms with Gasteiger partial charge in [-0.25, -0.2) is 0 Å². The maximum atomic E-state index is 11.5. The Balaban J connectivity index is 1.94. The normalized spacial score (nSPS) is 17.2. The number of carbonyl (C=O) groups excluding carboxylic acids is 1. The van der Waals surface area contributed by atoms with Crippen LogP contribution >= 0.6 is 0 Å². The molecule has 98 valence electrons. The van der Waals surface area contributed by atoms with E-state index in [1.807, 2.05) is 31.2 Å². The summed E-state index contributed by atoms with van der Waals surface area (Å²) in [6.07, 6.45) is 8.47. The Morgan fingerprint density at radius 2 is 1.72 bits per heavy atom. The average molecular weight is 246 g/mol. The first-order chi connectivity index (χ1) is 8.79. The first-order valence-electron chi connectivity index (χ1n) is 7.09. The van der Waals surface area contributed by atoms with Crippen LogP contribution < -0.4 is 4.74 Å². The molecule has 0 N–H and O–H groups in total. The molecule has 1 aliphatic carbocycles. The van der Waals surface area contributed by atoms with Gasteiger partial charge in [-0.05, 0) is 49.9 Å². The van der Waals surface area contributed by atoms with Gasteiger partial charge in [0.1, 0.15) is 5.75 Å². The van der Waals surface area contributed by atoms with Gasteiger partial charge in [-0.15, -0.1) is 0 Å². The molecule has 0 heterocycles. The van der Waals surface area contributed by atoms with Gasteiger partial charge in [-0.1, -0.05) is 19.8 Å². The molecule has 2 nitrogen and oxygen atoms in total. The minimum atomic E-state index is 0.191. The average Bonchev–Trinajstić information content (AvgIpc) is 2.67. The molecule has 1 aromatic carbocycles.